The lowest BCUT2D eigenvalue weighted by atomic mass is 10.0. The number of nitrogens with zero attached hydrogens (tertiary/aromatic N) is 4. The Morgan fingerprint density at radius 2 is 0.554 bits per heavy atom. The molecule has 9 rings (SSSR count). The van der Waals surface area contributed by atoms with Crippen LogP contribution in [0, 0.1) is 27.7 Å². The number of hydrogen-bond acceptors (Lipinski definition) is 4. The zero-order chi connectivity index (χ0) is 38.2. The molecule has 0 bridgehead atoms. The summed E-state index contributed by atoms with van der Waals surface area (Å²) in [6.07, 6.45) is 0. The molecule has 9 aromatic rings. The number of aryl methyl sites for hydroxylation is 4. The van der Waals surface area contributed by atoms with Gasteiger partial charge in [0.1, 0.15) is 0 Å². The SMILES string of the molecule is Cc1ccc(N(c2ccc(C)cc2)c2ccc(-c3nc4cc5ccccc5cc4nc3-c3ccc(N(c4ccc(C)cc4)c4ccc(C)cc4)cc3)cc2)cc1. The quantitative estimate of drug-likeness (QED) is 0.146. The van der Waals surface area contributed by atoms with Crippen LogP contribution in [0.5, 0.6) is 0 Å². The van der Waals surface area contributed by atoms with Gasteiger partial charge in [-0.05, 0) is 123 Å². The Balaban J connectivity index is 1.16. The molecule has 0 fully saturated rings. The predicted molar refractivity (Wildman–Crippen MR) is 236 cm³/mol. The molecule has 0 unspecified atom stereocenters. The molecule has 0 spiro atoms. The lowest BCUT2D eigenvalue weighted by molar-refractivity contribution is 1.26. The van der Waals surface area contributed by atoms with Crippen molar-refractivity contribution in [3.63, 3.8) is 0 Å². The first-order chi connectivity index (χ1) is 27.4. The van der Waals surface area contributed by atoms with Gasteiger partial charge in [0, 0.05) is 45.3 Å². The number of anilines is 6. The number of hydrogen-bond donors (Lipinski definition) is 0. The lowest BCUT2D eigenvalue weighted by Crippen LogP contribution is -2.10. The van der Waals surface area contributed by atoms with E-state index in [-0.39, 0.29) is 0 Å². The van der Waals surface area contributed by atoms with E-state index in [0.717, 1.165) is 78.4 Å². The molecule has 0 amide bonds. The monoisotopic (exact) mass is 722 g/mol. The number of aromatic nitrogens is 2. The van der Waals surface area contributed by atoms with Gasteiger partial charge in [0.2, 0.25) is 0 Å². The number of benzene rings is 8. The summed E-state index contributed by atoms with van der Waals surface area (Å²) in [5.74, 6) is 0. The molecule has 4 heteroatoms. The van der Waals surface area contributed by atoms with Crippen molar-refractivity contribution in [1.29, 1.82) is 0 Å². The molecular weight excluding hydrogens is 681 g/mol. The van der Waals surface area contributed by atoms with Gasteiger partial charge >= 0.3 is 0 Å². The van der Waals surface area contributed by atoms with Gasteiger partial charge in [-0.1, -0.05) is 119 Å². The summed E-state index contributed by atoms with van der Waals surface area (Å²) in [5.41, 5.74) is 16.9. The molecule has 4 nitrogen and oxygen atoms in total. The molecule has 270 valence electrons. The third-order valence-electron chi connectivity index (χ3n) is 10.5. The summed E-state index contributed by atoms with van der Waals surface area (Å²) >= 11 is 0. The van der Waals surface area contributed by atoms with Gasteiger partial charge in [-0.3, -0.25) is 0 Å². The van der Waals surface area contributed by atoms with Gasteiger partial charge in [-0.2, -0.15) is 0 Å². The Morgan fingerprint density at radius 1 is 0.304 bits per heavy atom. The Bertz CT molecular complexity index is 2500. The van der Waals surface area contributed by atoms with Crippen molar-refractivity contribution < 1.29 is 0 Å². The third kappa shape index (κ3) is 6.89. The Labute approximate surface area is 329 Å². The second-order valence-electron chi connectivity index (χ2n) is 14.7. The Morgan fingerprint density at radius 3 is 0.821 bits per heavy atom. The second kappa shape index (κ2) is 14.7. The highest BCUT2D eigenvalue weighted by molar-refractivity contribution is 5.97. The van der Waals surface area contributed by atoms with Crippen LogP contribution in [0.25, 0.3) is 44.3 Å². The minimum Gasteiger partial charge on any atom is -0.311 e. The molecule has 56 heavy (non-hydrogen) atoms. The average molecular weight is 723 g/mol. The molecule has 0 saturated heterocycles. The van der Waals surface area contributed by atoms with E-state index in [1.165, 1.54) is 22.3 Å². The largest absolute Gasteiger partial charge is 0.311 e. The van der Waals surface area contributed by atoms with Crippen molar-refractivity contribution in [2.45, 2.75) is 27.7 Å². The van der Waals surface area contributed by atoms with Crippen LogP contribution >= 0.6 is 0 Å². The predicted octanol–water partition coefficient (Wildman–Crippen LogP) is 14.3. The van der Waals surface area contributed by atoms with E-state index in [4.69, 9.17) is 9.97 Å². The second-order valence-corrected chi connectivity index (χ2v) is 14.7. The van der Waals surface area contributed by atoms with Crippen LogP contribution in [0.15, 0.2) is 182 Å². The molecule has 0 atom stereocenters. The van der Waals surface area contributed by atoms with E-state index in [1.54, 1.807) is 0 Å². The molecule has 0 aliphatic heterocycles. The first kappa shape index (κ1) is 34.7. The molecule has 1 aromatic heterocycles. The van der Waals surface area contributed by atoms with Gasteiger partial charge in [0.05, 0.1) is 22.4 Å². The standard InChI is InChI=1S/C52H42N4/c1-35-9-21-43(22-10-35)55(44-23-11-36(2)12-24-44)47-29-17-39(18-30-47)51-52(54-50-34-42-8-6-5-7-41(42)33-49(50)53-51)40-19-31-48(32-20-40)56(45-25-13-37(3)14-26-45)46-27-15-38(4)16-28-46/h5-34H,1-4H3. The van der Waals surface area contributed by atoms with E-state index < -0.39 is 0 Å². The van der Waals surface area contributed by atoms with Crippen LogP contribution in [0.3, 0.4) is 0 Å². The molecule has 8 aromatic carbocycles. The summed E-state index contributed by atoms with van der Waals surface area (Å²) < 4.78 is 0. The smallest absolute Gasteiger partial charge is 0.0973 e. The zero-order valence-corrected chi connectivity index (χ0v) is 32.1. The highest BCUT2D eigenvalue weighted by atomic mass is 15.1. The highest BCUT2D eigenvalue weighted by Crippen LogP contribution is 2.40. The highest BCUT2D eigenvalue weighted by Gasteiger charge is 2.18. The lowest BCUT2D eigenvalue weighted by Gasteiger charge is -2.26. The summed E-state index contributed by atoms with van der Waals surface area (Å²) in [6.45, 7) is 8.49. The van der Waals surface area contributed by atoms with E-state index >= 15 is 0 Å². The fourth-order valence-electron chi connectivity index (χ4n) is 7.35. The zero-order valence-electron chi connectivity index (χ0n) is 32.1. The fraction of sp³-hybridized carbons (Fsp3) is 0.0769. The molecule has 0 aliphatic carbocycles. The van der Waals surface area contributed by atoms with E-state index in [1.807, 2.05) is 0 Å². The Hall–Kier alpha value is -7.04. The molecule has 0 aliphatic rings. The molecule has 0 saturated carbocycles. The van der Waals surface area contributed by atoms with Crippen LogP contribution in [-0.4, -0.2) is 9.97 Å². The first-order valence-electron chi connectivity index (χ1n) is 19.1. The van der Waals surface area contributed by atoms with Gasteiger partial charge in [0.25, 0.3) is 0 Å². The molecule has 0 radical (unpaired) electrons. The summed E-state index contributed by atoms with van der Waals surface area (Å²) in [7, 11) is 0. The van der Waals surface area contributed by atoms with E-state index in [2.05, 4.69) is 219 Å². The maximum Gasteiger partial charge on any atom is 0.0973 e. The Kier molecular flexibility index (Phi) is 9.08. The minimum atomic E-state index is 0.846. The summed E-state index contributed by atoms with van der Waals surface area (Å²) in [6, 6.07) is 65.0. The molecule has 0 N–H and O–H groups in total. The van der Waals surface area contributed by atoms with Crippen LogP contribution < -0.4 is 9.80 Å². The van der Waals surface area contributed by atoms with Crippen molar-refractivity contribution in [3.8, 4) is 22.5 Å². The number of rotatable bonds is 8. The van der Waals surface area contributed by atoms with Crippen LogP contribution in [0.2, 0.25) is 0 Å². The van der Waals surface area contributed by atoms with Crippen molar-refractivity contribution in [3.05, 3.63) is 204 Å². The van der Waals surface area contributed by atoms with Gasteiger partial charge < -0.3 is 9.80 Å². The summed E-state index contributed by atoms with van der Waals surface area (Å²) in [4.78, 5) is 15.3. The van der Waals surface area contributed by atoms with Crippen molar-refractivity contribution >= 4 is 55.9 Å². The van der Waals surface area contributed by atoms with Crippen LogP contribution in [0.4, 0.5) is 34.1 Å². The molecular formula is C52H42N4. The maximum atomic E-state index is 5.36. The van der Waals surface area contributed by atoms with Gasteiger partial charge in [-0.15, -0.1) is 0 Å². The van der Waals surface area contributed by atoms with Crippen molar-refractivity contribution in [1.82, 2.24) is 9.97 Å². The summed E-state index contributed by atoms with van der Waals surface area (Å²) in [5, 5.41) is 2.29. The van der Waals surface area contributed by atoms with E-state index in [0.29, 0.717) is 0 Å². The van der Waals surface area contributed by atoms with Crippen LogP contribution in [0.1, 0.15) is 22.3 Å². The maximum absolute atomic E-state index is 5.36. The third-order valence-corrected chi connectivity index (χ3v) is 10.5. The average Bonchev–Trinajstić information content (AvgIpc) is 3.23. The van der Waals surface area contributed by atoms with E-state index in [9.17, 15) is 0 Å². The van der Waals surface area contributed by atoms with Gasteiger partial charge in [0.15, 0.2) is 0 Å². The van der Waals surface area contributed by atoms with Crippen molar-refractivity contribution in [2.75, 3.05) is 9.80 Å². The van der Waals surface area contributed by atoms with Gasteiger partial charge in [-0.25, -0.2) is 9.97 Å². The van der Waals surface area contributed by atoms with Crippen molar-refractivity contribution in [2.24, 2.45) is 0 Å². The molecule has 1 heterocycles. The van der Waals surface area contributed by atoms with Crippen LogP contribution in [-0.2, 0) is 0 Å². The minimum absolute atomic E-state index is 0.846. The topological polar surface area (TPSA) is 32.3 Å². The number of fused-ring (bicyclic) bond motifs is 2. The fourth-order valence-corrected chi connectivity index (χ4v) is 7.35. The normalized spacial score (nSPS) is 11.2. The first-order valence-corrected chi connectivity index (χ1v) is 19.1.